The largest absolute Gasteiger partial charge is 0.364 e. The summed E-state index contributed by atoms with van der Waals surface area (Å²) in [6, 6.07) is 0. The number of rotatable bonds is 3. The highest BCUT2D eigenvalue weighted by atomic mass is 32.1. The Bertz CT molecular complexity index is 517. The lowest BCUT2D eigenvalue weighted by Crippen LogP contribution is -2.42. The third kappa shape index (κ3) is 3.27. The van der Waals surface area contributed by atoms with Crippen LogP contribution in [0.25, 0.3) is 0 Å². The minimum absolute atomic E-state index is 0.103. The first-order valence-electron chi connectivity index (χ1n) is 7.53. The van der Waals surface area contributed by atoms with Crippen LogP contribution in [0, 0.1) is 12.8 Å². The topological polar surface area (TPSA) is 45.7 Å². The molecule has 0 saturated carbocycles. The maximum Gasteiger partial charge on any atom is 0.251 e. The van der Waals surface area contributed by atoms with Gasteiger partial charge >= 0.3 is 0 Å². The summed E-state index contributed by atoms with van der Waals surface area (Å²) < 4.78 is 6.01. The number of hydrogen-bond donors (Lipinski definition) is 0. The Morgan fingerprint density at radius 2 is 2.38 bits per heavy atom. The molecule has 1 aromatic heterocycles. The van der Waals surface area contributed by atoms with Crippen LogP contribution in [0.3, 0.4) is 0 Å². The summed E-state index contributed by atoms with van der Waals surface area (Å²) in [6.45, 7) is 4.92. The Balaban J connectivity index is 1.57. The minimum Gasteiger partial charge on any atom is -0.364 e. The molecule has 6 heteroatoms. The van der Waals surface area contributed by atoms with Gasteiger partial charge in [0.1, 0.15) is 6.10 Å². The number of amides is 1. The van der Waals surface area contributed by atoms with Crippen molar-refractivity contribution in [2.24, 2.45) is 5.92 Å². The van der Waals surface area contributed by atoms with E-state index >= 15 is 0 Å². The second-order valence-corrected chi connectivity index (χ2v) is 7.34. The minimum atomic E-state index is -0.239. The molecule has 2 aliphatic rings. The van der Waals surface area contributed by atoms with E-state index in [2.05, 4.69) is 15.3 Å². The molecule has 0 aromatic carbocycles. The Hall–Kier alpha value is -0.980. The second kappa shape index (κ2) is 6.02. The van der Waals surface area contributed by atoms with Crippen LogP contribution in [0.2, 0.25) is 0 Å². The van der Waals surface area contributed by atoms with Crippen molar-refractivity contribution in [3.8, 4) is 0 Å². The number of thiazole rings is 1. The Morgan fingerprint density at radius 1 is 1.57 bits per heavy atom. The predicted octanol–water partition coefficient (Wildman–Crippen LogP) is 1.52. The molecule has 2 aliphatic heterocycles. The number of carbonyl (C=O) groups excluding carboxylic acids is 1. The van der Waals surface area contributed by atoms with Gasteiger partial charge < -0.3 is 9.64 Å². The zero-order chi connectivity index (χ0) is 15.0. The van der Waals surface area contributed by atoms with Crippen molar-refractivity contribution in [3.05, 3.63) is 16.1 Å². The van der Waals surface area contributed by atoms with Gasteiger partial charge in [-0.2, -0.15) is 0 Å². The molecule has 0 bridgehead atoms. The molecular formula is C15H23N3O2S. The number of likely N-dealkylation sites (N-methyl/N-ethyl adjacent to an activating group) is 1. The van der Waals surface area contributed by atoms with Crippen molar-refractivity contribution >= 4 is 17.2 Å². The first-order valence-corrected chi connectivity index (χ1v) is 8.41. The number of carbonyl (C=O) groups is 1. The fourth-order valence-corrected chi connectivity index (χ4v) is 3.90. The van der Waals surface area contributed by atoms with Gasteiger partial charge in [-0.15, -0.1) is 11.3 Å². The van der Waals surface area contributed by atoms with Crippen LogP contribution < -0.4 is 0 Å². The molecule has 5 nitrogen and oxygen atoms in total. The van der Waals surface area contributed by atoms with Crippen LogP contribution in [0.5, 0.6) is 0 Å². The number of aryl methyl sites for hydroxylation is 1. The second-order valence-electron chi connectivity index (χ2n) is 6.27. The van der Waals surface area contributed by atoms with Crippen LogP contribution in [-0.2, 0) is 16.1 Å². The molecule has 116 valence electrons. The zero-order valence-corrected chi connectivity index (χ0v) is 13.7. The van der Waals surface area contributed by atoms with Crippen molar-refractivity contribution in [3.63, 3.8) is 0 Å². The average molecular weight is 309 g/mol. The van der Waals surface area contributed by atoms with Crippen molar-refractivity contribution in [2.75, 3.05) is 27.2 Å². The fraction of sp³-hybridized carbons (Fsp3) is 0.733. The lowest BCUT2D eigenvalue weighted by atomic mass is 9.91. The number of fused-ring (bicyclic) bond motifs is 1. The highest BCUT2D eigenvalue weighted by Crippen LogP contribution is 2.34. The number of likely N-dealkylation sites (tertiary alicyclic amines) is 1. The first-order chi connectivity index (χ1) is 10.0. The zero-order valence-electron chi connectivity index (χ0n) is 12.9. The van der Waals surface area contributed by atoms with Gasteiger partial charge in [-0.25, -0.2) is 4.98 Å². The van der Waals surface area contributed by atoms with Gasteiger partial charge in [0.25, 0.3) is 5.91 Å². The van der Waals surface area contributed by atoms with Crippen molar-refractivity contribution in [2.45, 2.75) is 38.5 Å². The molecule has 3 atom stereocenters. The molecule has 2 fully saturated rings. The molecule has 21 heavy (non-hydrogen) atoms. The van der Waals surface area contributed by atoms with Gasteiger partial charge in [0.05, 0.1) is 16.8 Å². The van der Waals surface area contributed by atoms with E-state index in [1.807, 2.05) is 6.92 Å². The first kappa shape index (κ1) is 14.9. The van der Waals surface area contributed by atoms with E-state index in [4.69, 9.17) is 4.74 Å². The standard InChI is InChI=1S/C15H23N3O2S/c1-10-16-12(9-21-10)7-18-5-4-11-6-13(15(19)17(2)3)20-14(11)8-18/h9,11,13-14H,4-8H2,1-3H3/t11-,13+,14+/m1/s1. The molecule has 0 N–H and O–H groups in total. The molecule has 0 radical (unpaired) electrons. The Morgan fingerprint density at radius 3 is 3.05 bits per heavy atom. The lowest BCUT2D eigenvalue weighted by Gasteiger charge is -2.33. The van der Waals surface area contributed by atoms with Crippen molar-refractivity contribution < 1.29 is 9.53 Å². The van der Waals surface area contributed by atoms with Gasteiger partial charge in [0.2, 0.25) is 0 Å². The number of hydrogen-bond acceptors (Lipinski definition) is 5. The van der Waals surface area contributed by atoms with Gasteiger partial charge in [-0.3, -0.25) is 9.69 Å². The summed E-state index contributed by atoms with van der Waals surface area (Å²) in [6.07, 6.45) is 1.96. The van der Waals surface area contributed by atoms with Crippen LogP contribution in [-0.4, -0.2) is 60.1 Å². The highest BCUT2D eigenvalue weighted by Gasteiger charge is 2.42. The Labute approximate surface area is 129 Å². The molecule has 0 spiro atoms. The average Bonchev–Trinajstić information content (AvgIpc) is 3.03. The number of aromatic nitrogens is 1. The molecule has 0 unspecified atom stereocenters. The fourth-order valence-electron chi connectivity index (χ4n) is 3.29. The Kier molecular flexibility index (Phi) is 4.28. The monoisotopic (exact) mass is 309 g/mol. The van der Waals surface area contributed by atoms with Gasteiger partial charge in [0.15, 0.2) is 0 Å². The predicted molar refractivity (Wildman–Crippen MR) is 82.2 cm³/mol. The smallest absolute Gasteiger partial charge is 0.251 e. The van der Waals surface area contributed by atoms with Crippen molar-refractivity contribution in [1.82, 2.24) is 14.8 Å². The van der Waals surface area contributed by atoms with E-state index in [0.29, 0.717) is 5.92 Å². The van der Waals surface area contributed by atoms with E-state index in [1.54, 1.807) is 30.3 Å². The molecule has 0 aliphatic carbocycles. The van der Waals surface area contributed by atoms with E-state index in [0.717, 1.165) is 43.2 Å². The summed E-state index contributed by atoms with van der Waals surface area (Å²) in [7, 11) is 3.59. The van der Waals surface area contributed by atoms with Crippen LogP contribution in [0.4, 0.5) is 0 Å². The maximum atomic E-state index is 12.0. The summed E-state index contributed by atoms with van der Waals surface area (Å²) in [5.41, 5.74) is 1.15. The summed E-state index contributed by atoms with van der Waals surface area (Å²) >= 11 is 1.70. The molecule has 2 saturated heterocycles. The maximum absolute atomic E-state index is 12.0. The summed E-state index contributed by atoms with van der Waals surface area (Å²) in [5.74, 6) is 0.637. The van der Waals surface area contributed by atoms with Crippen molar-refractivity contribution in [1.29, 1.82) is 0 Å². The van der Waals surface area contributed by atoms with E-state index < -0.39 is 0 Å². The van der Waals surface area contributed by atoms with Crippen LogP contribution in [0.1, 0.15) is 23.5 Å². The normalized spacial score (nSPS) is 29.4. The van der Waals surface area contributed by atoms with E-state index in [-0.39, 0.29) is 18.1 Å². The molecule has 1 aromatic rings. The summed E-state index contributed by atoms with van der Waals surface area (Å²) in [5, 5.41) is 3.25. The molecule has 3 rings (SSSR count). The van der Waals surface area contributed by atoms with Gasteiger partial charge in [-0.05, 0) is 32.2 Å². The number of ether oxygens (including phenoxy) is 1. The van der Waals surface area contributed by atoms with E-state index in [9.17, 15) is 4.79 Å². The van der Waals surface area contributed by atoms with Gasteiger partial charge in [-0.1, -0.05) is 0 Å². The summed E-state index contributed by atoms with van der Waals surface area (Å²) in [4.78, 5) is 20.6. The van der Waals surface area contributed by atoms with Crippen LogP contribution >= 0.6 is 11.3 Å². The molecular weight excluding hydrogens is 286 g/mol. The third-order valence-corrected chi connectivity index (χ3v) is 5.23. The van der Waals surface area contributed by atoms with E-state index in [1.165, 1.54) is 0 Å². The van der Waals surface area contributed by atoms with Gasteiger partial charge in [0, 0.05) is 32.6 Å². The number of nitrogens with zero attached hydrogens (tertiary/aromatic N) is 3. The molecule has 3 heterocycles. The number of piperidine rings is 1. The lowest BCUT2D eigenvalue weighted by molar-refractivity contribution is -0.141. The quantitative estimate of drug-likeness (QED) is 0.849. The third-order valence-electron chi connectivity index (χ3n) is 4.40. The van der Waals surface area contributed by atoms with Crippen LogP contribution in [0.15, 0.2) is 5.38 Å². The highest BCUT2D eigenvalue weighted by molar-refractivity contribution is 7.09. The SMILES string of the molecule is Cc1nc(CN2CC[C@@H]3C[C@@H](C(=O)N(C)C)O[C@H]3C2)cs1. The molecule has 1 amide bonds.